The molecule has 1 saturated heterocycles. The van der Waals surface area contributed by atoms with E-state index in [-0.39, 0.29) is 6.10 Å². The summed E-state index contributed by atoms with van der Waals surface area (Å²) in [7, 11) is 0. The van der Waals surface area contributed by atoms with Crippen LogP contribution >= 0.6 is 0 Å². The van der Waals surface area contributed by atoms with Gasteiger partial charge < -0.3 is 10.0 Å². The molecule has 2 nitrogen and oxygen atoms in total. The second-order valence-electron chi connectivity index (χ2n) is 7.96. The fourth-order valence-corrected chi connectivity index (χ4v) is 6.15. The molecule has 1 atom stereocenters. The van der Waals surface area contributed by atoms with Crippen LogP contribution in [0.25, 0.3) is 0 Å². The third kappa shape index (κ3) is 1.84. The van der Waals surface area contributed by atoms with E-state index < -0.39 is 0 Å². The highest BCUT2D eigenvalue weighted by Crippen LogP contribution is 2.61. The predicted molar refractivity (Wildman–Crippen MR) is 71.4 cm³/mol. The van der Waals surface area contributed by atoms with Crippen LogP contribution in [0.2, 0.25) is 0 Å². The Kier molecular flexibility index (Phi) is 2.74. The van der Waals surface area contributed by atoms with E-state index in [0.717, 1.165) is 24.3 Å². The molecule has 4 saturated carbocycles. The van der Waals surface area contributed by atoms with Crippen molar-refractivity contribution in [2.75, 3.05) is 19.6 Å². The van der Waals surface area contributed by atoms with Crippen molar-refractivity contribution < 1.29 is 10.0 Å². The molecular formula is C16H28NO+. The molecule has 2 heteroatoms. The highest BCUT2D eigenvalue weighted by Gasteiger charge is 2.54. The van der Waals surface area contributed by atoms with Crippen molar-refractivity contribution in [3.8, 4) is 0 Å². The number of hydrogen-bond acceptors (Lipinski definition) is 1. The maximum Gasteiger partial charge on any atom is 0.108 e. The number of aliphatic hydroxyl groups excluding tert-OH is 1. The third-order valence-corrected chi connectivity index (χ3v) is 6.59. The second-order valence-corrected chi connectivity index (χ2v) is 7.96. The molecule has 1 aliphatic heterocycles. The Morgan fingerprint density at radius 2 is 1.44 bits per heavy atom. The molecule has 0 spiro atoms. The highest BCUT2D eigenvalue weighted by molar-refractivity contribution is 5.04. The van der Waals surface area contributed by atoms with Gasteiger partial charge >= 0.3 is 0 Å². The Hall–Kier alpha value is -0.0800. The Morgan fingerprint density at radius 1 is 0.944 bits per heavy atom. The van der Waals surface area contributed by atoms with Crippen molar-refractivity contribution in [1.82, 2.24) is 0 Å². The van der Waals surface area contributed by atoms with Gasteiger partial charge in [0.25, 0.3) is 0 Å². The smallest absolute Gasteiger partial charge is 0.108 e. The van der Waals surface area contributed by atoms with Gasteiger partial charge in [-0.05, 0) is 56.3 Å². The molecule has 18 heavy (non-hydrogen) atoms. The summed E-state index contributed by atoms with van der Waals surface area (Å²) >= 11 is 0. The van der Waals surface area contributed by atoms with E-state index in [9.17, 15) is 5.11 Å². The first kappa shape index (κ1) is 11.7. The van der Waals surface area contributed by atoms with E-state index in [1.807, 2.05) is 0 Å². The Morgan fingerprint density at radius 3 is 1.94 bits per heavy atom. The first-order valence-electron chi connectivity index (χ1n) is 8.25. The average molecular weight is 250 g/mol. The minimum Gasteiger partial charge on any atom is -0.387 e. The van der Waals surface area contributed by atoms with Crippen molar-refractivity contribution in [3.63, 3.8) is 0 Å². The van der Waals surface area contributed by atoms with Crippen molar-refractivity contribution in [3.05, 3.63) is 0 Å². The minimum atomic E-state index is -0.000926. The zero-order valence-corrected chi connectivity index (χ0v) is 11.5. The Bertz CT molecular complexity index is 286. The topological polar surface area (TPSA) is 24.7 Å². The van der Waals surface area contributed by atoms with Crippen molar-refractivity contribution in [2.45, 2.75) is 57.5 Å². The van der Waals surface area contributed by atoms with Gasteiger partial charge in [0, 0.05) is 18.3 Å². The summed E-state index contributed by atoms with van der Waals surface area (Å²) < 4.78 is 0. The standard InChI is InChI=1S/C16H27NO/c18-15(11-17-3-1-2-4-17)16-8-12-5-13(9-16)7-14(6-12)10-16/h12-15,18H,1-11H2/p+1/t12?,13?,14?,15-,16?/m1/s1. The largest absolute Gasteiger partial charge is 0.387 e. The molecule has 0 radical (unpaired) electrons. The Labute approximate surface area is 111 Å². The lowest BCUT2D eigenvalue weighted by atomic mass is 9.48. The van der Waals surface area contributed by atoms with Gasteiger partial charge in [0.15, 0.2) is 0 Å². The van der Waals surface area contributed by atoms with E-state index in [1.165, 1.54) is 64.5 Å². The lowest BCUT2D eigenvalue weighted by molar-refractivity contribution is -0.891. The van der Waals surface area contributed by atoms with Crippen LogP contribution in [0.3, 0.4) is 0 Å². The zero-order chi connectivity index (χ0) is 12.2. The summed E-state index contributed by atoms with van der Waals surface area (Å²) in [6, 6.07) is 0. The quantitative estimate of drug-likeness (QED) is 0.774. The number of aliphatic hydroxyl groups is 1. The molecule has 0 aromatic rings. The Balaban J connectivity index is 1.48. The van der Waals surface area contributed by atoms with Crippen LogP contribution in [0.5, 0.6) is 0 Å². The highest BCUT2D eigenvalue weighted by atomic mass is 16.3. The maximum absolute atomic E-state index is 10.9. The van der Waals surface area contributed by atoms with Gasteiger partial charge in [0.05, 0.1) is 13.1 Å². The zero-order valence-electron chi connectivity index (χ0n) is 11.5. The molecule has 5 aliphatic rings. The predicted octanol–water partition coefficient (Wildman–Crippen LogP) is 1.24. The molecule has 2 N–H and O–H groups in total. The monoisotopic (exact) mass is 250 g/mol. The van der Waals surface area contributed by atoms with Gasteiger partial charge in [-0.1, -0.05) is 0 Å². The van der Waals surface area contributed by atoms with Gasteiger partial charge in [-0.25, -0.2) is 0 Å². The SMILES string of the molecule is O[C@H](C[NH+]1CCCC1)C12CC3CC(CC(C3)C1)C2. The van der Waals surface area contributed by atoms with Crippen molar-refractivity contribution in [1.29, 1.82) is 0 Å². The van der Waals surface area contributed by atoms with Crippen LogP contribution in [-0.4, -0.2) is 30.8 Å². The summed E-state index contributed by atoms with van der Waals surface area (Å²) in [5.74, 6) is 2.92. The summed E-state index contributed by atoms with van der Waals surface area (Å²) in [6.07, 6.45) is 11.3. The lowest BCUT2D eigenvalue weighted by Crippen LogP contribution is -3.11. The fourth-order valence-electron chi connectivity index (χ4n) is 6.15. The van der Waals surface area contributed by atoms with Crippen LogP contribution < -0.4 is 4.90 Å². The van der Waals surface area contributed by atoms with Crippen molar-refractivity contribution in [2.24, 2.45) is 23.2 Å². The molecule has 102 valence electrons. The minimum absolute atomic E-state index is 0.000926. The maximum atomic E-state index is 10.9. The van der Waals surface area contributed by atoms with Crippen LogP contribution in [0.15, 0.2) is 0 Å². The number of quaternary nitrogens is 1. The van der Waals surface area contributed by atoms with Gasteiger partial charge in [0.2, 0.25) is 0 Å². The van der Waals surface area contributed by atoms with Gasteiger partial charge in [0.1, 0.15) is 12.6 Å². The first-order valence-corrected chi connectivity index (χ1v) is 8.25. The second kappa shape index (κ2) is 4.21. The summed E-state index contributed by atoms with van der Waals surface area (Å²) in [6.45, 7) is 3.67. The van der Waals surface area contributed by atoms with E-state index in [1.54, 1.807) is 4.90 Å². The van der Waals surface area contributed by atoms with Crippen LogP contribution in [0.1, 0.15) is 51.4 Å². The molecule has 5 fully saturated rings. The molecule has 0 aromatic heterocycles. The van der Waals surface area contributed by atoms with Crippen LogP contribution in [-0.2, 0) is 0 Å². The van der Waals surface area contributed by atoms with Crippen LogP contribution in [0.4, 0.5) is 0 Å². The van der Waals surface area contributed by atoms with Gasteiger partial charge in [-0.15, -0.1) is 0 Å². The number of likely N-dealkylation sites (tertiary alicyclic amines) is 1. The van der Waals surface area contributed by atoms with Crippen LogP contribution in [0, 0.1) is 23.2 Å². The third-order valence-electron chi connectivity index (χ3n) is 6.59. The summed E-state index contributed by atoms with van der Waals surface area (Å²) in [4.78, 5) is 1.68. The van der Waals surface area contributed by atoms with Gasteiger partial charge in [-0.2, -0.15) is 0 Å². The fraction of sp³-hybridized carbons (Fsp3) is 1.00. The summed E-state index contributed by atoms with van der Waals surface area (Å²) in [5.41, 5.74) is 0.352. The average Bonchev–Trinajstić information content (AvgIpc) is 2.79. The molecular weight excluding hydrogens is 222 g/mol. The van der Waals surface area contributed by atoms with E-state index in [4.69, 9.17) is 0 Å². The molecule has 0 unspecified atom stereocenters. The van der Waals surface area contributed by atoms with E-state index in [0.29, 0.717) is 5.41 Å². The number of hydrogen-bond donors (Lipinski definition) is 2. The number of nitrogens with one attached hydrogen (secondary N) is 1. The molecule has 4 aliphatic carbocycles. The molecule has 1 heterocycles. The molecule has 0 aromatic carbocycles. The van der Waals surface area contributed by atoms with Crippen molar-refractivity contribution >= 4 is 0 Å². The van der Waals surface area contributed by atoms with E-state index in [2.05, 4.69) is 0 Å². The lowest BCUT2D eigenvalue weighted by Gasteiger charge is -2.58. The molecule has 5 rings (SSSR count). The number of rotatable bonds is 3. The summed E-state index contributed by atoms with van der Waals surface area (Å²) in [5, 5.41) is 10.9. The molecule has 4 bridgehead atoms. The van der Waals surface area contributed by atoms with Gasteiger partial charge in [-0.3, -0.25) is 0 Å². The normalized spacial score (nSPS) is 48.8. The molecule has 0 amide bonds. The first-order chi connectivity index (χ1) is 8.73. The van der Waals surface area contributed by atoms with E-state index >= 15 is 0 Å².